The summed E-state index contributed by atoms with van der Waals surface area (Å²) in [5.74, 6) is -0.608. The molecular weight excluding hydrogens is 446 g/mol. The van der Waals surface area contributed by atoms with Gasteiger partial charge in [-0.1, -0.05) is 54.1 Å². The van der Waals surface area contributed by atoms with E-state index < -0.39 is 28.4 Å². The van der Waals surface area contributed by atoms with Crippen molar-refractivity contribution in [1.82, 2.24) is 10.6 Å². The Kier molecular flexibility index (Phi) is 6.19. The Morgan fingerprint density at radius 1 is 1.09 bits per heavy atom. The lowest BCUT2D eigenvalue weighted by atomic mass is 9.87. The first kappa shape index (κ1) is 22.2. The molecule has 1 aliphatic heterocycles. The summed E-state index contributed by atoms with van der Waals surface area (Å²) >= 11 is 6.26. The molecule has 4 rings (SSSR count). The Morgan fingerprint density at radius 2 is 1.82 bits per heavy atom. The van der Waals surface area contributed by atoms with Crippen LogP contribution in [-0.4, -0.2) is 22.7 Å². The van der Waals surface area contributed by atoms with Crippen LogP contribution in [0.15, 0.2) is 66.7 Å². The molecule has 3 aromatic rings. The van der Waals surface area contributed by atoms with Gasteiger partial charge >= 0.3 is 11.7 Å². The fourth-order valence-corrected chi connectivity index (χ4v) is 3.99. The summed E-state index contributed by atoms with van der Waals surface area (Å²) in [5, 5.41) is 28.1. The zero-order valence-corrected chi connectivity index (χ0v) is 18.3. The molecule has 0 spiro atoms. The van der Waals surface area contributed by atoms with Gasteiger partial charge in [0.15, 0.2) is 5.75 Å². The molecule has 0 saturated carbocycles. The van der Waals surface area contributed by atoms with E-state index in [2.05, 4.69) is 10.6 Å². The number of hydrogen-bond acceptors (Lipinski definition) is 5. The predicted octanol–water partition coefficient (Wildman–Crippen LogP) is 5.27. The van der Waals surface area contributed by atoms with Crippen LogP contribution in [0, 0.1) is 10.1 Å². The van der Waals surface area contributed by atoms with Gasteiger partial charge in [-0.3, -0.25) is 10.1 Å². The second kappa shape index (κ2) is 9.22. The zero-order chi connectivity index (χ0) is 23.5. The van der Waals surface area contributed by atoms with Crippen LogP contribution in [0.2, 0.25) is 5.02 Å². The summed E-state index contributed by atoms with van der Waals surface area (Å²) in [6, 6.07) is 17.8. The van der Waals surface area contributed by atoms with E-state index in [0.29, 0.717) is 27.4 Å². The van der Waals surface area contributed by atoms with Crippen molar-refractivity contribution in [2.75, 3.05) is 6.61 Å². The summed E-state index contributed by atoms with van der Waals surface area (Å²) in [6.07, 6.45) is 0. The molecule has 1 unspecified atom stereocenters. The number of nitro groups is 1. The van der Waals surface area contributed by atoms with E-state index in [1.165, 1.54) is 12.1 Å². The molecule has 2 amide bonds. The standard InChI is InChI=1S/C24H20ClN3O5/c1-2-33-19-13-16(12-18(23(19)29)28(31)32)22-20(15-9-6-10-17(25)11-15)21(26-24(30)27-22)14-7-4-3-5-8-14/h3-13,22,29H,2H2,1H3,(H2,26,27,30). The van der Waals surface area contributed by atoms with Crippen molar-refractivity contribution in [2.24, 2.45) is 0 Å². The molecule has 3 aromatic carbocycles. The minimum atomic E-state index is -0.786. The summed E-state index contributed by atoms with van der Waals surface area (Å²) in [5.41, 5.74) is 2.53. The maximum atomic E-state index is 12.7. The topological polar surface area (TPSA) is 114 Å². The number of amides is 2. The minimum Gasteiger partial charge on any atom is -0.500 e. The number of ether oxygens (including phenoxy) is 1. The average Bonchev–Trinajstić information content (AvgIpc) is 2.80. The second-order valence-corrected chi connectivity index (χ2v) is 7.71. The lowest BCUT2D eigenvalue weighted by Gasteiger charge is -2.31. The van der Waals surface area contributed by atoms with Gasteiger partial charge in [0.1, 0.15) is 0 Å². The van der Waals surface area contributed by atoms with Crippen LogP contribution in [0.5, 0.6) is 11.5 Å². The number of nitrogens with zero attached hydrogens (tertiary/aromatic N) is 1. The molecule has 8 nitrogen and oxygen atoms in total. The number of phenols is 1. The van der Waals surface area contributed by atoms with E-state index in [-0.39, 0.29) is 12.4 Å². The fourth-order valence-electron chi connectivity index (χ4n) is 3.80. The highest BCUT2D eigenvalue weighted by Gasteiger charge is 2.33. The summed E-state index contributed by atoms with van der Waals surface area (Å²) < 4.78 is 5.44. The molecule has 1 aliphatic rings. The quantitative estimate of drug-likeness (QED) is 0.338. The van der Waals surface area contributed by atoms with Gasteiger partial charge in [0.2, 0.25) is 5.75 Å². The van der Waals surface area contributed by atoms with Crippen molar-refractivity contribution in [3.8, 4) is 11.5 Å². The molecule has 0 fully saturated rings. The molecule has 1 atom stereocenters. The summed E-state index contributed by atoms with van der Waals surface area (Å²) in [4.78, 5) is 23.6. The molecule has 33 heavy (non-hydrogen) atoms. The van der Waals surface area contributed by atoms with Gasteiger partial charge in [-0.2, -0.15) is 0 Å². The molecule has 168 valence electrons. The number of nitrogens with one attached hydrogen (secondary N) is 2. The zero-order valence-electron chi connectivity index (χ0n) is 17.5. The number of nitro benzene ring substituents is 1. The lowest BCUT2D eigenvalue weighted by molar-refractivity contribution is -0.386. The third-order valence-electron chi connectivity index (χ3n) is 5.18. The fraction of sp³-hybridized carbons (Fsp3) is 0.125. The van der Waals surface area contributed by atoms with Crippen LogP contribution in [0.25, 0.3) is 11.3 Å². The van der Waals surface area contributed by atoms with E-state index >= 15 is 0 Å². The molecule has 0 aromatic heterocycles. The maximum absolute atomic E-state index is 12.7. The van der Waals surface area contributed by atoms with Crippen molar-refractivity contribution in [3.05, 3.63) is 98.6 Å². The lowest BCUT2D eigenvalue weighted by Crippen LogP contribution is -2.43. The molecule has 0 radical (unpaired) electrons. The van der Waals surface area contributed by atoms with E-state index in [1.54, 1.807) is 25.1 Å². The van der Waals surface area contributed by atoms with Crippen LogP contribution in [-0.2, 0) is 0 Å². The Morgan fingerprint density at radius 3 is 2.48 bits per heavy atom. The third kappa shape index (κ3) is 4.47. The SMILES string of the molecule is CCOc1cc(C2NC(=O)NC(c3ccccc3)=C2c2cccc(Cl)c2)cc([N+](=O)[O-])c1O. The third-order valence-corrected chi connectivity index (χ3v) is 5.41. The van der Waals surface area contributed by atoms with Gasteiger partial charge in [0, 0.05) is 16.7 Å². The van der Waals surface area contributed by atoms with Crippen molar-refractivity contribution >= 4 is 34.6 Å². The average molecular weight is 466 g/mol. The molecule has 1 heterocycles. The number of urea groups is 1. The smallest absolute Gasteiger partial charge is 0.320 e. The first-order valence-corrected chi connectivity index (χ1v) is 10.5. The Balaban J connectivity index is 2.00. The first-order chi connectivity index (χ1) is 15.9. The van der Waals surface area contributed by atoms with Crippen LogP contribution < -0.4 is 15.4 Å². The Hall–Kier alpha value is -4.04. The van der Waals surface area contributed by atoms with Crippen LogP contribution in [0.4, 0.5) is 10.5 Å². The van der Waals surface area contributed by atoms with Crippen LogP contribution >= 0.6 is 11.6 Å². The van der Waals surface area contributed by atoms with E-state index in [9.17, 15) is 20.0 Å². The van der Waals surface area contributed by atoms with E-state index in [1.807, 2.05) is 36.4 Å². The summed E-state index contributed by atoms with van der Waals surface area (Å²) in [7, 11) is 0. The Labute approximate surface area is 194 Å². The number of carbonyl (C=O) groups excluding carboxylic acids is 1. The van der Waals surface area contributed by atoms with Crippen molar-refractivity contribution in [1.29, 1.82) is 0 Å². The number of benzene rings is 3. The van der Waals surface area contributed by atoms with E-state index in [4.69, 9.17) is 16.3 Å². The first-order valence-electron chi connectivity index (χ1n) is 10.2. The van der Waals surface area contributed by atoms with E-state index in [0.717, 1.165) is 5.56 Å². The normalized spacial score (nSPS) is 15.6. The van der Waals surface area contributed by atoms with Crippen molar-refractivity contribution < 1.29 is 19.6 Å². The van der Waals surface area contributed by atoms with Gasteiger partial charge in [-0.15, -0.1) is 0 Å². The highest BCUT2D eigenvalue weighted by Crippen LogP contribution is 2.44. The maximum Gasteiger partial charge on any atom is 0.320 e. The molecular formula is C24H20ClN3O5. The van der Waals surface area contributed by atoms with Crippen LogP contribution in [0.3, 0.4) is 0 Å². The monoisotopic (exact) mass is 465 g/mol. The van der Waals surface area contributed by atoms with Crippen LogP contribution in [0.1, 0.15) is 29.7 Å². The number of phenolic OH excluding ortho intramolecular Hbond substituents is 1. The van der Waals surface area contributed by atoms with Gasteiger partial charge in [-0.05, 0) is 41.8 Å². The Bertz CT molecular complexity index is 1260. The molecule has 9 heteroatoms. The number of hydrogen-bond donors (Lipinski definition) is 3. The van der Waals surface area contributed by atoms with Gasteiger partial charge in [0.25, 0.3) is 0 Å². The minimum absolute atomic E-state index is 0.0406. The number of aromatic hydroxyl groups is 1. The van der Waals surface area contributed by atoms with Crippen molar-refractivity contribution in [3.63, 3.8) is 0 Å². The van der Waals surface area contributed by atoms with Gasteiger partial charge in [0.05, 0.1) is 23.3 Å². The number of halogens is 1. The molecule has 0 saturated heterocycles. The van der Waals surface area contributed by atoms with Crippen molar-refractivity contribution in [2.45, 2.75) is 13.0 Å². The molecule has 0 bridgehead atoms. The largest absolute Gasteiger partial charge is 0.500 e. The summed E-state index contributed by atoms with van der Waals surface area (Å²) in [6.45, 7) is 1.90. The predicted molar refractivity (Wildman–Crippen MR) is 125 cm³/mol. The highest BCUT2D eigenvalue weighted by molar-refractivity contribution is 6.30. The molecule has 0 aliphatic carbocycles. The number of carbonyl (C=O) groups is 1. The number of rotatable bonds is 6. The second-order valence-electron chi connectivity index (χ2n) is 7.27. The van der Waals surface area contributed by atoms with Gasteiger partial charge < -0.3 is 20.5 Å². The highest BCUT2D eigenvalue weighted by atomic mass is 35.5. The molecule has 3 N–H and O–H groups in total. The van der Waals surface area contributed by atoms with Gasteiger partial charge in [-0.25, -0.2) is 4.79 Å².